The van der Waals surface area contributed by atoms with Gasteiger partial charge in [-0.15, -0.1) is 0 Å². The van der Waals surface area contributed by atoms with Gasteiger partial charge in [0.2, 0.25) is 0 Å². The van der Waals surface area contributed by atoms with Crippen LogP contribution in [0.1, 0.15) is 44.7 Å². The van der Waals surface area contributed by atoms with Gasteiger partial charge in [-0.3, -0.25) is 0 Å². The van der Waals surface area contributed by atoms with Crippen molar-refractivity contribution in [2.75, 3.05) is 23.7 Å². The van der Waals surface area contributed by atoms with Crippen molar-refractivity contribution < 1.29 is 13.9 Å². The van der Waals surface area contributed by atoms with E-state index in [1.54, 1.807) is 23.2 Å². The monoisotopic (exact) mass is 448 g/mol. The maximum Gasteiger partial charge on any atom is 0.410 e. The SMILES string of the molecule is Cc1cccc(F)c1NCc1cnc(Cl)cc1N[C@@H]1CCCN(C(=O)OC(C)(C)C)C1. The summed E-state index contributed by atoms with van der Waals surface area (Å²) in [6.45, 7) is 9.04. The zero-order chi connectivity index (χ0) is 22.6. The van der Waals surface area contributed by atoms with Gasteiger partial charge in [0.05, 0.1) is 5.69 Å². The van der Waals surface area contributed by atoms with Crippen LogP contribution in [0.25, 0.3) is 0 Å². The number of para-hydroxylation sites is 1. The lowest BCUT2D eigenvalue weighted by molar-refractivity contribution is 0.0206. The molecule has 1 amide bonds. The number of piperidine rings is 1. The van der Waals surface area contributed by atoms with Crippen LogP contribution >= 0.6 is 11.6 Å². The number of likely N-dealkylation sites (tertiary alicyclic amines) is 1. The van der Waals surface area contributed by atoms with Gasteiger partial charge in [0.1, 0.15) is 16.6 Å². The van der Waals surface area contributed by atoms with E-state index in [-0.39, 0.29) is 18.0 Å². The van der Waals surface area contributed by atoms with Gasteiger partial charge in [0.15, 0.2) is 0 Å². The molecule has 1 aliphatic rings. The fourth-order valence-corrected chi connectivity index (χ4v) is 3.74. The number of carbonyl (C=O) groups is 1. The van der Waals surface area contributed by atoms with Gasteiger partial charge in [-0.1, -0.05) is 23.7 Å². The van der Waals surface area contributed by atoms with Gasteiger partial charge in [0.25, 0.3) is 0 Å². The predicted octanol–water partition coefficient (Wildman–Crippen LogP) is 5.61. The lowest BCUT2D eigenvalue weighted by Gasteiger charge is -2.35. The number of aromatic nitrogens is 1. The number of hydrogen-bond donors (Lipinski definition) is 2. The highest BCUT2D eigenvalue weighted by Gasteiger charge is 2.28. The van der Waals surface area contributed by atoms with Crippen LogP contribution in [0, 0.1) is 12.7 Å². The molecule has 6 nitrogen and oxygen atoms in total. The molecular formula is C23H30ClFN4O2. The van der Waals surface area contributed by atoms with E-state index in [4.69, 9.17) is 16.3 Å². The molecule has 1 saturated heterocycles. The fraction of sp³-hybridized carbons (Fsp3) is 0.478. The minimum absolute atomic E-state index is 0.0497. The smallest absolute Gasteiger partial charge is 0.410 e. The molecule has 3 rings (SSSR count). The molecular weight excluding hydrogens is 419 g/mol. The molecule has 0 spiro atoms. The minimum atomic E-state index is -0.528. The van der Waals surface area contributed by atoms with Crippen LogP contribution < -0.4 is 10.6 Å². The van der Waals surface area contributed by atoms with Crippen molar-refractivity contribution in [1.82, 2.24) is 9.88 Å². The molecule has 1 aromatic carbocycles. The van der Waals surface area contributed by atoms with Crippen LogP contribution in [0.4, 0.5) is 20.6 Å². The Bertz CT molecular complexity index is 912. The molecule has 2 heterocycles. The standard InChI is InChI=1S/C23H30ClFN4O2/c1-15-7-5-9-18(25)21(15)27-13-16-12-26-20(24)11-19(16)28-17-8-6-10-29(14-17)22(30)31-23(2,3)4/h5,7,9,11-12,17,27H,6,8,10,13-14H2,1-4H3,(H,26,28)/t17-/m1/s1. The van der Waals surface area contributed by atoms with Crippen LogP contribution in [-0.2, 0) is 11.3 Å². The number of nitrogens with zero attached hydrogens (tertiary/aromatic N) is 2. The van der Waals surface area contributed by atoms with Gasteiger partial charge in [-0.05, 0) is 58.2 Å². The van der Waals surface area contributed by atoms with E-state index >= 15 is 0 Å². The maximum atomic E-state index is 14.2. The van der Waals surface area contributed by atoms with E-state index in [2.05, 4.69) is 15.6 Å². The van der Waals surface area contributed by atoms with E-state index in [0.29, 0.717) is 30.5 Å². The first-order valence-corrected chi connectivity index (χ1v) is 10.9. The first-order chi connectivity index (χ1) is 14.6. The third kappa shape index (κ3) is 6.47. The van der Waals surface area contributed by atoms with Gasteiger partial charge >= 0.3 is 6.09 Å². The number of halogens is 2. The van der Waals surface area contributed by atoms with Crippen molar-refractivity contribution >= 4 is 29.1 Å². The third-order valence-corrected chi connectivity index (χ3v) is 5.27. The second-order valence-corrected chi connectivity index (χ2v) is 9.25. The van der Waals surface area contributed by atoms with Crippen LogP contribution in [0.15, 0.2) is 30.5 Å². The van der Waals surface area contributed by atoms with Crippen molar-refractivity contribution in [3.63, 3.8) is 0 Å². The molecule has 1 aliphatic heterocycles. The van der Waals surface area contributed by atoms with Crippen LogP contribution in [0.3, 0.4) is 0 Å². The second kappa shape index (κ2) is 9.73. The van der Waals surface area contributed by atoms with Crippen molar-refractivity contribution in [3.05, 3.63) is 52.6 Å². The van der Waals surface area contributed by atoms with E-state index in [9.17, 15) is 9.18 Å². The molecule has 1 aromatic heterocycles. The number of ether oxygens (including phenoxy) is 1. The molecule has 0 unspecified atom stereocenters. The Hall–Kier alpha value is -2.54. The van der Waals surface area contributed by atoms with Crippen LogP contribution in [-0.4, -0.2) is 40.7 Å². The normalized spacial score (nSPS) is 16.7. The molecule has 31 heavy (non-hydrogen) atoms. The summed E-state index contributed by atoms with van der Waals surface area (Å²) < 4.78 is 19.7. The zero-order valence-electron chi connectivity index (χ0n) is 18.5. The van der Waals surface area contributed by atoms with E-state index in [1.807, 2.05) is 33.8 Å². The van der Waals surface area contributed by atoms with Gasteiger partial charge < -0.3 is 20.3 Å². The second-order valence-electron chi connectivity index (χ2n) is 8.86. The topological polar surface area (TPSA) is 66.5 Å². The molecule has 8 heteroatoms. The Labute approximate surface area is 188 Å². The number of benzene rings is 1. The minimum Gasteiger partial charge on any atom is -0.444 e. The Morgan fingerprint density at radius 1 is 1.39 bits per heavy atom. The number of amides is 1. The number of aryl methyl sites for hydroxylation is 1. The predicted molar refractivity (Wildman–Crippen MR) is 122 cm³/mol. The molecule has 0 bridgehead atoms. The summed E-state index contributed by atoms with van der Waals surface area (Å²) in [6.07, 6.45) is 3.17. The molecule has 1 fully saturated rings. The van der Waals surface area contributed by atoms with Crippen molar-refractivity contribution in [1.29, 1.82) is 0 Å². The number of carbonyl (C=O) groups excluding carboxylic acids is 1. The zero-order valence-corrected chi connectivity index (χ0v) is 19.2. The van der Waals surface area contributed by atoms with Gasteiger partial charge in [-0.2, -0.15) is 0 Å². The molecule has 1 atom stereocenters. The Balaban J connectivity index is 1.70. The van der Waals surface area contributed by atoms with Crippen LogP contribution in [0.5, 0.6) is 0 Å². The molecule has 2 aromatic rings. The quantitative estimate of drug-likeness (QED) is 0.582. The third-order valence-electron chi connectivity index (χ3n) is 5.06. The molecule has 168 valence electrons. The number of hydrogen-bond acceptors (Lipinski definition) is 5. The Morgan fingerprint density at radius 3 is 2.87 bits per heavy atom. The number of pyridine rings is 1. The fourth-order valence-electron chi connectivity index (χ4n) is 3.58. The van der Waals surface area contributed by atoms with E-state index in [0.717, 1.165) is 29.7 Å². The van der Waals surface area contributed by atoms with Crippen molar-refractivity contribution in [2.45, 2.75) is 58.7 Å². The molecule has 2 N–H and O–H groups in total. The molecule has 0 aliphatic carbocycles. The lowest BCUT2D eigenvalue weighted by Crippen LogP contribution is -2.47. The largest absolute Gasteiger partial charge is 0.444 e. The first-order valence-electron chi connectivity index (χ1n) is 10.5. The van der Waals surface area contributed by atoms with E-state index < -0.39 is 5.60 Å². The van der Waals surface area contributed by atoms with E-state index in [1.165, 1.54) is 6.07 Å². The maximum absolute atomic E-state index is 14.2. The Kier molecular flexibility index (Phi) is 7.26. The summed E-state index contributed by atoms with van der Waals surface area (Å²) in [4.78, 5) is 18.4. The summed E-state index contributed by atoms with van der Waals surface area (Å²) in [5.74, 6) is -0.295. The number of nitrogens with one attached hydrogen (secondary N) is 2. The van der Waals surface area contributed by atoms with Crippen molar-refractivity contribution in [3.8, 4) is 0 Å². The van der Waals surface area contributed by atoms with Crippen LogP contribution in [0.2, 0.25) is 5.15 Å². The number of rotatable bonds is 5. The summed E-state index contributed by atoms with van der Waals surface area (Å²) in [5.41, 5.74) is 2.45. The van der Waals surface area contributed by atoms with Gasteiger partial charge in [0, 0.05) is 43.1 Å². The summed E-state index contributed by atoms with van der Waals surface area (Å²) in [6, 6.07) is 6.79. The Morgan fingerprint density at radius 2 is 2.16 bits per heavy atom. The molecule has 0 saturated carbocycles. The summed E-state index contributed by atoms with van der Waals surface area (Å²) in [7, 11) is 0. The average Bonchev–Trinajstić information content (AvgIpc) is 2.68. The molecule has 0 radical (unpaired) electrons. The van der Waals surface area contributed by atoms with Gasteiger partial charge in [-0.25, -0.2) is 14.2 Å². The highest BCUT2D eigenvalue weighted by molar-refractivity contribution is 6.29. The number of anilines is 2. The highest BCUT2D eigenvalue weighted by atomic mass is 35.5. The highest BCUT2D eigenvalue weighted by Crippen LogP contribution is 2.25. The summed E-state index contributed by atoms with van der Waals surface area (Å²) in [5, 5.41) is 7.03. The average molecular weight is 449 g/mol. The first kappa shape index (κ1) is 23.1. The van der Waals surface area contributed by atoms with Crippen molar-refractivity contribution in [2.24, 2.45) is 0 Å². The summed E-state index contributed by atoms with van der Waals surface area (Å²) >= 11 is 6.14. The lowest BCUT2D eigenvalue weighted by atomic mass is 10.0.